The smallest absolute Gasteiger partial charge is 0.250 e. The van der Waals surface area contributed by atoms with Crippen LogP contribution in [0.15, 0.2) is 12.1 Å². The standard InChI is InChI=1S/C14H20ClN3O2/c1-20-5-4-14(2-3-14)8-18-12-10(13(17)19)6-9(16)7-11(12)15/h6-7,18H,2-5,8,16H2,1H3,(H2,17,19). The number of carbonyl (C=O) groups excluding carboxylic acids is 1. The summed E-state index contributed by atoms with van der Waals surface area (Å²) in [6.45, 7) is 1.49. The van der Waals surface area contributed by atoms with Crippen molar-refractivity contribution in [2.24, 2.45) is 11.1 Å². The van der Waals surface area contributed by atoms with Crippen molar-refractivity contribution in [3.8, 4) is 0 Å². The lowest BCUT2D eigenvalue weighted by Gasteiger charge is -2.19. The summed E-state index contributed by atoms with van der Waals surface area (Å²) < 4.78 is 5.13. The van der Waals surface area contributed by atoms with Crippen LogP contribution in [0.3, 0.4) is 0 Å². The van der Waals surface area contributed by atoms with E-state index in [1.807, 2.05) is 0 Å². The second kappa shape index (κ2) is 5.89. The molecular formula is C14H20ClN3O2. The van der Waals surface area contributed by atoms with Crippen molar-refractivity contribution >= 4 is 28.9 Å². The van der Waals surface area contributed by atoms with E-state index in [2.05, 4.69) is 5.32 Å². The fraction of sp³-hybridized carbons (Fsp3) is 0.500. The number of amides is 1. The van der Waals surface area contributed by atoms with Crippen molar-refractivity contribution in [2.75, 3.05) is 31.3 Å². The largest absolute Gasteiger partial charge is 0.399 e. The number of nitrogens with one attached hydrogen (secondary N) is 1. The maximum absolute atomic E-state index is 11.5. The lowest BCUT2D eigenvalue weighted by atomic mass is 10.0. The second-order valence-electron chi connectivity index (χ2n) is 5.39. The van der Waals surface area contributed by atoms with Crippen LogP contribution in [0.4, 0.5) is 11.4 Å². The van der Waals surface area contributed by atoms with Gasteiger partial charge in [0.05, 0.1) is 16.3 Å². The Morgan fingerprint density at radius 1 is 1.50 bits per heavy atom. The summed E-state index contributed by atoms with van der Waals surface area (Å²) in [5, 5.41) is 3.68. The maximum Gasteiger partial charge on any atom is 0.250 e. The molecule has 5 nitrogen and oxygen atoms in total. The number of rotatable bonds is 7. The van der Waals surface area contributed by atoms with E-state index in [-0.39, 0.29) is 5.41 Å². The van der Waals surface area contributed by atoms with Gasteiger partial charge in [-0.15, -0.1) is 0 Å². The van der Waals surface area contributed by atoms with Crippen LogP contribution in [-0.4, -0.2) is 26.2 Å². The average Bonchev–Trinajstić information content (AvgIpc) is 3.15. The van der Waals surface area contributed by atoms with Crippen molar-refractivity contribution in [1.29, 1.82) is 0 Å². The highest BCUT2D eigenvalue weighted by molar-refractivity contribution is 6.34. The van der Waals surface area contributed by atoms with Gasteiger partial charge in [0, 0.05) is 25.9 Å². The van der Waals surface area contributed by atoms with Gasteiger partial charge < -0.3 is 21.5 Å². The lowest BCUT2D eigenvalue weighted by molar-refractivity contribution is 0.100. The van der Waals surface area contributed by atoms with Crippen molar-refractivity contribution in [3.63, 3.8) is 0 Å². The number of benzene rings is 1. The van der Waals surface area contributed by atoms with Gasteiger partial charge in [-0.3, -0.25) is 4.79 Å². The Balaban J connectivity index is 2.11. The van der Waals surface area contributed by atoms with Crippen LogP contribution in [0, 0.1) is 5.41 Å². The van der Waals surface area contributed by atoms with Crippen molar-refractivity contribution in [2.45, 2.75) is 19.3 Å². The molecule has 1 aliphatic carbocycles. The third-order valence-corrected chi connectivity index (χ3v) is 4.11. The van der Waals surface area contributed by atoms with Gasteiger partial charge in [0.2, 0.25) is 0 Å². The number of hydrogen-bond donors (Lipinski definition) is 3. The van der Waals surface area contributed by atoms with Crippen LogP contribution in [0.25, 0.3) is 0 Å². The monoisotopic (exact) mass is 297 g/mol. The highest BCUT2D eigenvalue weighted by Gasteiger charge is 2.41. The highest BCUT2D eigenvalue weighted by atomic mass is 35.5. The van der Waals surface area contributed by atoms with Gasteiger partial charge in [-0.2, -0.15) is 0 Å². The minimum atomic E-state index is -0.538. The quantitative estimate of drug-likeness (QED) is 0.673. The highest BCUT2D eigenvalue weighted by Crippen LogP contribution is 2.49. The Kier molecular flexibility index (Phi) is 4.40. The molecule has 1 fully saturated rings. The molecule has 5 N–H and O–H groups in total. The van der Waals surface area contributed by atoms with Gasteiger partial charge in [0.1, 0.15) is 0 Å². The van der Waals surface area contributed by atoms with E-state index in [0.29, 0.717) is 22.0 Å². The summed E-state index contributed by atoms with van der Waals surface area (Å²) in [4.78, 5) is 11.5. The van der Waals surface area contributed by atoms with Crippen molar-refractivity contribution < 1.29 is 9.53 Å². The van der Waals surface area contributed by atoms with Crippen LogP contribution in [0.2, 0.25) is 5.02 Å². The molecule has 1 aromatic rings. The van der Waals surface area contributed by atoms with E-state index >= 15 is 0 Å². The molecule has 1 aliphatic rings. The van der Waals surface area contributed by atoms with Gasteiger partial charge in [-0.05, 0) is 36.8 Å². The number of hydrogen-bond acceptors (Lipinski definition) is 4. The van der Waals surface area contributed by atoms with E-state index in [1.165, 1.54) is 0 Å². The minimum Gasteiger partial charge on any atom is -0.399 e. The zero-order chi connectivity index (χ0) is 14.8. The third-order valence-electron chi connectivity index (χ3n) is 3.81. The summed E-state index contributed by atoms with van der Waals surface area (Å²) in [7, 11) is 1.70. The van der Waals surface area contributed by atoms with E-state index in [4.69, 9.17) is 27.8 Å². The molecule has 0 radical (unpaired) electrons. The SMILES string of the molecule is COCCC1(CNc2c(Cl)cc(N)cc2C(N)=O)CC1. The number of anilines is 2. The molecular weight excluding hydrogens is 278 g/mol. The van der Waals surface area contributed by atoms with Gasteiger partial charge in [0.15, 0.2) is 0 Å². The predicted octanol–water partition coefficient (Wildman–Crippen LogP) is 2.25. The Hall–Kier alpha value is -1.46. The molecule has 0 heterocycles. The number of halogens is 1. The zero-order valence-electron chi connectivity index (χ0n) is 11.5. The minimum absolute atomic E-state index is 0.246. The summed E-state index contributed by atoms with van der Waals surface area (Å²) >= 11 is 6.16. The topological polar surface area (TPSA) is 90.4 Å². The number of carbonyl (C=O) groups is 1. The summed E-state index contributed by atoms with van der Waals surface area (Å²) in [6.07, 6.45) is 3.30. The first-order valence-electron chi connectivity index (χ1n) is 6.59. The number of nitrogens with two attached hydrogens (primary N) is 2. The molecule has 2 rings (SSSR count). The number of primary amides is 1. The van der Waals surface area contributed by atoms with Crippen LogP contribution >= 0.6 is 11.6 Å². The molecule has 0 aliphatic heterocycles. The van der Waals surface area contributed by atoms with Crippen LogP contribution in [-0.2, 0) is 4.74 Å². The van der Waals surface area contributed by atoms with E-state index in [9.17, 15) is 4.79 Å². The van der Waals surface area contributed by atoms with E-state index < -0.39 is 5.91 Å². The normalized spacial score (nSPS) is 15.9. The van der Waals surface area contributed by atoms with Crippen molar-refractivity contribution in [3.05, 3.63) is 22.7 Å². The fourth-order valence-corrected chi connectivity index (χ4v) is 2.58. The van der Waals surface area contributed by atoms with Gasteiger partial charge in [0.25, 0.3) is 5.91 Å². The Bertz CT molecular complexity index is 515. The molecule has 0 unspecified atom stereocenters. The van der Waals surface area contributed by atoms with Gasteiger partial charge in [-0.25, -0.2) is 0 Å². The fourth-order valence-electron chi connectivity index (χ4n) is 2.29. The third kappa shape index (κ3) is 3.35. The van der Waals surface area contributed by atoms with Gasteiger partial charge in [-0.1, -0.05) is 11.6 Å². The van der Waals surface area contributed by atoms with Crippen molar-refractivity contribution in [1.82, 2.24) is 0 Å². The molecule has 0 spiro atoms. The molecule has 20 heavy (non-hydrogen) atoms. The molecule has 0 bridgehead atoms. The Morgan fingerprint density at radius 3 is 2.75 bits per heavy atom. The molecule has 0 atom stereocenters. The Labute approximate surface area is 123 Å². The van der Waals surface area contributed by atoms with Gasteiger partial charge >= 0.3 is 0 Å². The average molecular weight is 298 g/mol. The second-order valence-corrected chi connectivity index (χ2v) is 5.79. The molecule has 1 saturated carbocycles. The summed E-state index contributed by atoms with van der Waals surface area (Å²) in [6, 6.07) is 3.16. The molecule has 1 aromatic carbocycles. The first-order chi connectivity index (χ1) is 9.47. The first-order valence-corrected chi connectivity index (χ1v) is 6.97. The summed E-state index contributed by atoms with van der Waals surface area (Å²) in [5.74, 6) is -0.538. The predicted molar refractivity (Wildman–Crippen MR) is 81.0 cm³/mol. The molecule has 0 saturated heterocycles. The molecule has 1 amide bonds. The molecule has 110 valence electrons. The zero-order valence-corrected chi connectivity index (χ0v) is 12.3. The van der Waals surface area contributed by atoms with Crippen LogP contribution in [0.1, 0.15) is 29.6 Å². The number of methoxy groups -OCH3 is 1. The van der Waals surface area contributed by atoms with Crippen LogP contribution < -0.4 is 16.8 Å². The first kappa shape index (κ1) is 14.9. The molecule has 6 heteroatoms. The van der Waals surface area contributed by atoms with E-state index in [0.717, 1.165) is 32.4 Å². The Morgan fingerprint density at radius 2 is 2.20 bits per heavy atom. The summed E-state index contributed by atoms with van der Waals surface area (Å²) in [5.41, 5.74) is 12.6. The number of ether oxygens (including phenoxy) is 1. The van der Waals surface area contributed by atoms with Crippen LogP contribution in [0.5, 0.6) is 0 Å². The van der Waals surface area contributed by atoms with E-state index in [1.54, 1.807) is 19.2 Å². The lowest BCUT2D eigenvalue weighted by Crippen LogP contribution is -2.21. The molecule has 0 aromatic heterocycles. The maximum atomic E-state index is 11.5. The number of nitrogen functional groups attached to an aromatic ring is 1.